The summed E-state index contributed by atoms with van der Waals surface area (Å²) in [4.78, 5) is 14.7. The van der Waals surface area contributed by atoms with E-state index in [1.807, 2.05) is 30.3 Å². The Kier molecular flexibility index (Phi) is 5.71. The van der Waals surface area contributed by atoms with Gasteiger partial charge in [-0.25, -0.2) is 0 Å². The zero-order chi connectivity index (χ0) is 17.6. The van der Waals surface area contributed by atoms with Crippen molar-refractivity contribution in [1.29, 1.82) is 0 Å². The second-order valence-corrected chi connectivity index (χ2v) is 6.65. The van der Waals surface area contributed by atoms with E-state index in [2.05, 4.69) is 19.0 Å². The molecule has 4 heteroatoms. The Morgan fingerprint density at radius 1 is 0.920 bits per heavy atom. The topological polar surface area (TPSA) is 42.7 Å². The van der Waals surface area contributed by atoms with Gasteiger partial charge in [0.05, 0.1) is 17.4 Å². The molecule has 0 bridgehead atoms. The van der Waals surface area contributed by atoms with Crippen molar-refractivity contribution in [2.75, 3.05) is 27.2 Å². The molecule has 1 aromatic heterocycles. The van der Waals surface area contributed by atoms with E-state index in [-0.39, 0.29) is 5.43 Å². The van der Waals surface area contributed by atoms with Crippen LogP contribution >= 0.6 is 0 Å². The number of hydrogen-bond donors (Lipinski definition) is 0. The largest absolute Gasteiger partial charge is 0.493 e. The third-order valence-electron chi connectivity index (χ3n) is 4.32. The lowest BCUT2D eigenvalue weighted by Gasteiger charge is -2.09. The molecule has 132 valence electrons. The van der Waals surface area contributed by atoms with Gasteiger partial charge in [0.15, 0.2) is 0 Å². The van der Waals surface area contributed by atoms with Gasteiger partial charge in [0.2, 0.25) is 5.43 Å². The van der Waals surface area contributed by atoms with E-state index in [0.29, 0.717) is 28.5 Å². The van der Waals surface area contributed by atoms with E-state index in [4.69, 9.17) is 9.15 Å². The van der Waals surface area contributed by atoms with Crippen LogP contribution in [0.25, 0.3) is 21.9 Å². The number of nitrogens with zero attached hydrogens (tertiary/aromatic N) is 1. The smallest absolute Gasteiger partial charge is 0.200 e. The van der Waals surface area contributed by atoms with Crippen LogP contribution in [0.2, 0.25) is 0 Å². The maximum atomic E-state index is 12.5. The quantitative estimate of drug-likeness (QED) is 0.449. The number of hydrogen-bond acceptors (Lipinski definition) is 4. The minimum atomic E-state index is 0.00397. The predicted molar refractivity (Wildman–Crippen MR) is 103 cm³/mol. The third-order valence-corrected chi connectivity index (χ3v) is 4.32. The lowest BCUT2D eigenvalue weighted by Crippen LogP contribution is -2.12. The molecule has 0 fully saturated rings. The Labute approximate surface area is 148 Å². The second-order valence-electron chi connectivity index (χ2n) is 6.65. The van der Waals surface area contributed by atoms with Gasteiger partial charge in [-0.2, -0.15) is 0 Å². The normalized spacial score (nSPS) is 11.5. The molecule has 0 aliphatic rings. The molecule has 4 nitrogen and oxygen atoms in total. The first kappa shape index (κ1) is 17.5. The highest BCUT2D eigenvalue weighted by Gasteiger charge is 2.08. The first-order valence-electron chi connectivity index (χ1n) is 8.88. The summed E-state index contributed by atoms with van der Waals surface area (Å²) >= 11 is 0. The summed E-state index contributed by atoms with van der Waals surface area (Å²) in [6.07, 6.45) is 4.65. The zero-order valence-corrected chi connectivity index (χ0v) is 15.0. The summed E-state index contributed by atoms with van der Waals surface area (Å²) in [5, 5.41) is 1.20. The monoisotopic (exact) mass is 339 g/mol. The van der Waals surface area contributed by atoms with Crippen molar-refractivity contribution < 1.29 is 9.15 Å². The van der Waals surface area contributed by atoms with Gasteiger partial charge in [-0.05, 0) is 57.7 Å². The van der Waals surface area contributed by atoms with Crippen LogP contribution in [0.5, 0.6) is 5.75 Å². The highest BCUT2D eigenvalue weighted by molar-refractivity contribution is 5.90. The zero-order valence-electron chi connectivity index (χ0n) is 15.0. The van der Waals surface area contributed by atoms with Crippen molar-refractivity contribution in [3.63, 3.8) is 0 Å². The maximum Gasteiger partial charge on any atom is 0.200 e. The van der Waals surface area contributed by atoms with Gasteiger partial charge in [0.25, 0.3) is 0 Å². The molecule has 2 aromatic carbocycles. The fraction of sp³-hybridized carbons (Fsp3) is 0.381. The van der Waals surface area contributed by atoms with E-state index in [1.54, 1.807) is 12.1 Å². The molecule has 0 aliphatic carbocycles. The fourth-order valence-corrected chi connectivity index (χ4v) is 2.94. The number of unbranched alkanes of at least 4 members (excludes halogenated alkanes) is 3. The van der Waals surface area contributed by atoms with Crippen LogP contribution in [0, 0.1) is 0 Å². The number of benzene rings is 2. The van der Waals surface area contributed by atoms with E-state index in [9.17, 15) is 4.79 Å². The molecule has 0 N–H and O–H groups in total. The summed E-state index contributed by atoms with van der Waals surface area (Å²) in [6.45, 7) is 1.82. The van der Waals surface area contributed by atoms with Crippen LogP contribution < -0.4 is 10.2 Å². The number of rotatable bonds is 8. The third kappa shape index (κ3) is 4.40. The predicted octanol–water partition coefficient (Wildman–Crippen LogP) is 4.45. The number of para-hydroxylation sites is 1. The summed E-state index contributed by atoms with van der Waals surface area (Å²) in [5.74, 6) is 0.749. The molecule has 0 radical (unpaired) electrons. The van der Waals surface area contributed by atoms with Gasteiger partial charge < -0.3 is 14.1 Å². The van der Waals surface area contributed by atoms with Crippen molar-refractivity contribution in [3.05, 3.63) is 52.7 Å². The van der Waals surface area contributed by atoms with Crippen molar-refractivity contribution in [2.45, 2.75) is 25.7 Å². The first-order valence-corrected chi connectivity index (χ1v) is 8.88. The summed E-state index contributed by atoms with van der Waals surface area (Å²) in [6, 6.07) is 12.8. The molecule has 3 rings (SSSR count). The molecule has 0 aliphatic heterocycles. The van der Waals surface area contributed by atoms with Crippen LogP contribution in [-0.4, -0.2) is 32.1 Å². The molecule has 25 heavy (non-hydrogen) atoms. The molecule has 0 atom stereocenters. The molecule has 0 spiro atoms. The van der Waals surface area contributed by atoms with E-state index in [0.717, 1.165) is 18.7 Å². The molecular weight excluding hydrogens is 314 g/mol. The summed E-state index contributed by atoms with van der Waals surface area (Å²) in [7, 11) is 4.20. The van der Waals surface area contributed by atoms with Crippen LogP contribution in [-0.2, 0) is 0 Å². The molecule has 0 saturated carbocycles. The minimum absolute atomic E-state index is 0.00397. The number of fused-ring (bicyclic) bond motifs is 2. The lowest BCUT2D eigenvalue weighted by molar-refractivity contribution is 0.302. The fourth-order valence-electron chi connectivity index (χ4n) is 2.94. The molecular formula is C21H25NO3. The van der Waals surface area contributed by atoms with Gasteiger partial charge >= 0.3 is 0 Å². The Morgan fingerprint density at radius 2 is 1.68 bits per heavy atom. The summed E-state index contributed by atoms with van der Waals surface area (Å²) in [5.41, 5.74) is 1.19. The van der Waals surface area contributed by atoms with Crippen LogP contribution in [0.3, 0.4) is 0 Å². The Balaban J connectivity index is 1.62. The number of ether oxygens (including phenoxy) is 1. The van der Waals surface area contributed by atoms with Gasteiger partial charge in [-0.15, -0.1) is 0 Å². The minimum Gasteiger partial charge on any atom is -0.493 e. The van der Waals surface area contributed by atoms with Crippen molar-refractivity contribution in [3.8, 4) is 5.75 Å². The first-order chi connectivity index (χ1) is 12.1. The Morgan fingerprint density at radius 3 is 2.52 bits per heavy atom. The standard InChI is InChI=1S/C21H25NO3/c1-22(2)13-7-3-4-8-14-24-16-11-12-18-20(15-16)25-19-10-6-5-9-17(19)21(18)23/h5-6,9-12,15H,3-4,7-8,13-14H2,1-2H3. The van der Waals surface area contributed by atoms with Crippen LogP contribution in [0.4, 0.5) is 0 Å². The van der Waals surface area contributed by atoms with Gasteiger partial charge in [0, 0.05) is 6.07 Å². The average molecular weight is 339 g/mol. The molecule has 0 unspecified atom stereocenters. The average Bonchev–Trinajstić information content (AvgIpc) is 2.61. The molecule has 0 amide bonds. The van der Waals surface area contributed by atoms with E-state index in [1.165, 1.54) is 19.3 Å². The van der Waals surface area contributed by atoms with E-state index >= 15 is 0 Å². The lowest BCUT2D eigenvalue weighted by atomic mass is 10.1. The second kappa shape index (κ2) is 8.17. The van der Waals surface area contributed by atoms with Crippen molar-refractivity contribution >= 4 is 21.9 Å². The maximum absolute atomic E-state index is 12.5. The van der Waals surface area contributed by atoms with Crippen LogP contribution in [0.1, 0.15) is 25.7 Å². The van der Waals surface area contributed by atoms with Crippen LogP contribution in [0.15, 0.2) is 51.7 Å². The molecule has 3 aromatic rings. The Hall–Kier alpha value is -2.33. The van der Waals surface area contributed by atoms with Gasteiger partial charge in [-0.3, -0.25) is 4.79 Å². The molecule has 0 saturated heterocycles. The van der Waals surface area contributed by atoms with E-state index < -0.39 is 0 Å². The highest BCUT2D eigenvalue weighted by Crippen LogP contribution is 2.23. The highest BCUT2D eigenvalue weighted by atomic mass is 16.5. The van der Waals surface area contributed by atoms with Crippen molar-refractivity contribution in [2.24, 2.45) is 0 Å². The Bertz CT molecular complexity index is 898. The SMILES string of the molecule is CN(C)CCCCCCOc1ccc2c(=O)c3ccccc3oc2c1. The van der Waals surface area contributed by atoms with Gasteiger partial charge in [-0.1, -0.05) is 25.0 Å². The molecule has 1 heterocycles. The van der Waals surface area contributed by atoms with Crippen molar-refractivity contribution in [1.82, 2.24) is 4.90 Å². The van der Waals surface area contributed by atoms with Gasteiger partial charge in [0.1, 0.15) is 16.9 Å². The summed E-state index contributed by atoms with van der Waals surface area (Å²) < 4.78 is 11.7.